The van der Waals surface area contributed by atoms with Crippen molar-refractivity contribution in [1.82, 2.24) is 9.55 Å². The van der Waals surface area contributed by atoms with Crippen LogP contribution in [0.2, 0.25) is 0 Å². The third-order valence-electron chi connectivity index (χ3n) is 2.69. The molecule has 6 nitrogen and oxygen atoms in total. The fourth-order valence-electron chi connectivity index (χ4n) is 1.67. The molecule has 0 aliphatic rings. The van der Waals surface area contributed by atoms with E-state index in [0.29, 0.717) is 25.4 Å². The van der Waals surface area contributed by atoms with Crippen molar-refractivity contribution in [3.05, 3.63) is 62.9 Å². The van der Waals surface area contributed by atoms with Gasteiger partial charge in [0.2, 0.25) is 0 Å². The predicted molar refractivity (Wildman–Crippen MR) is 79.2 cm³/mol. The zero-order valence-electron chi connectivity index (χ0n) is 11.3. The number of aromatic nitrogens is 2. The van der Waals surface area contributed by atoms with Crippen LogP contribution in [0.15, 0.2) is 46.1 Å². The van der Waals surface area contributed by atoms with Crippen LogP contribution in [0.3, 0.4) is 0 Å². The minimum absolute atomic E-state index is 0.319. The molecule has 0 atom stereocenters. The van der Waals surface area contributed by atoms with E-state index < -0.39 is 11.2 Å². The van der Waals surface area contributed by atoms with Crippen molar-refractivity contribution in [2.45, 2.75) is 6.54 Å². The maximum Gasteiger partial charge on any atom is 0.328 e. The Kier molecular flexibility index (Phi) is 4.96. The summed E-state index contributed by atoms with van der Waals surface area (Å²) in [5, 5.41) is 0. The molecule has 0 fully saturated rings. The molecule has 0 bridgehead atoms. The van der Waals surface area contributed by atoms with Crippen molar-refractivity contribution in [3.63, 3.8) is 0 Å². The van der Waals surface area contributed by atoms with Crippen LogP contribution in [0, 0.1) is 11.8 Å². The van der Waals surface area contributed by atoms with Crippen molar-refractivity contribution >= 4 is 0 Å². The highest BCUT2D eigenvalue weighted by molar-refractivity contribution is 5.38. The van der Waals surface area contributed by atoms with E-state index >= 15 is 0 Å². The molecule has 2 rings (SSSR count). The number of nitrogens with one attached hydrogen (secondary N) is 1. The zero-order chi connectivity index (χ0) is 15.1. The van der Waals surface area contributed by atoms with Crippen LogP contribution in [0.4, 0.5) is 0 Å². The Morgan fingerprint density at radius 2 is 1.95 bits per heavy atom. The van der Waals surface area contributed by atoms with Gasteiger partial charge in [-0.25, -0.2) is 4.79 Å². The number of rotatable bonds is 4. The van der Waals surface area contributed by atoms with Gasteiger partial charge in [0.1, 0.15) is 12.4 Å². The summed E-state index contributed by atoms with van der Waals surface area (Å²) in [6, 6.07) is 8.58. The van der Waals surface area contributed by atoms with Gasteiger partial charge in [0.15, 0.2) is 0 Å². The normalized spacial score (nSPS) is 9.76. The summed E-state index contributed by atoms with van der Waals surface area (Å²) in [5.41, 5.74) is 5.31. The minimum atomic E-state index is -0.446. The van der Waals surface area contributed by atoms with E-state index in [-0.39, 0.29) is 0 Å². The molecule has 0 aliphatic heterocycles. The second kappa shape index (κ2) is 7.12. The first-order valence-corrected chi connectivity index (χ1v) is 6.40. The SMILES string of the molecule is NCC#Cc1ccc(OCCn2ccc(=O)[nH]c2=O)cc1. The number of hydrogen-bond acceptors (Lipinski definition) is 4. The lowest BCUT2D eigenvalue weighted by molar-refractivity contribution is 0.295. The van der Waals surface area contributed by atoms with Crippen molar-refractivity contribution in [1.29, 1.82) is 0 Å². The Bertz CT molecular complexity index is 763. The van der Waals surface area contributed by atoms with E-state index in [1.165, 1.54) is 16.8 Å². The first kappa shape index (κ1) is 14.6. The minimum Gasteiger partial charge on any atom is -0.492 e. The molecule has 2 aromatic rings. The van der Waals surface area contributed by atoms with Crippen molar-refractivity contribution in [2.24, 2.45) is 5.73 Å². The molecule has 3 N–H and O–H groups in total. The van der Waals surface area contributed by atoms with Crippen LogP contribution < -0.4 is 21.7 Å². The van der Waals surface area contributed by atoms with Gasteiger partial charge in [-0.3, -0.25) is 14.3 Å². The molecule has 108 valence electrons. The Morgan fingerprint density at radius 1 is 1.19 bits per heavy atom. The van der Waals surface area contributed by atoms with Crippen molar-refractivity contribution < 1.29 is 4.74 Å². The first-order valence-electron chi connectivity index (χ1n) is 6.40. The van der Waals surface area contributed by atoms with Crippen LogP contribution >= 0.6 is 0 Å². The Balaban J connectivity index is 1.91. The first-order chi connectivity index (χ1) is 10.2. The highest BCUT2D eigenvalue weighted by Gasteiger charge is 1.98. The predicted octanol–water partition coefficient (Wildman–Crippen LogP) is -0.0742. The molecule has 1 aromatic carbocycles. The van der Waals surface area contributed by atoms with E-state index in [4.69, 9.17) is 10.5 Å². The number of ether oxygens (including phenoxy) is 1. The van der Waals surface area contributed by atoms with Crippen LogP contribution in [-0.4, -0.2) is 22.7 Å². The average molecular weight is 285 g/mol. The van der Waals surface area contributed by atoms with Gasteiger partial charge in [-0.1, -0.05) is 11.8 Å². The summed E-state index contributed by atoms with van der Waals surface area (Å²) >= 11 is 0. The van der Waals surface area contributed by atoms with Gasteiger partial charge in [-0.05, 0) is 24.3 Å². The molecule has 0 saturated carbocycles. The molecule has 1 aromatic heterocycles. The van der Waals surface area contributed by atoms with E-state index in [2.05, 4.69) is 16.8 Å². The van der Waals surface area contributed by atoms with Crippen LogP contribution in [0.25, 0.3) is 0 Å². The lowest BCUT2D eigenvalue weighted by Gasteiger charge is -2.07. The highest BCUT2D eigenvalue weighted by atomic mass is 16.5. The number of aromatic amines is 1. The van der Waals surface area contributed by atoms with E-state index in [1.54, 1.807) is 12.1 Å². The summed E-state index contributed by atoms with van der Waals surface area (Å²) in [4.78, 5) is 24.6. The topological polar surface area (TPSA) is 90.1 Å². The smallest absolute Gasteiger partial charge is 0.328 e. The van der Waals surface area contributed by atoms with Gasteiger partial charge >= 0.3 is 5.69 Å². The lowest BCUT2D eigenvalue weighted by atomic mass is 10.2. The van der Waals surface area contributed by atoms with Gasteiger partial charge in [-0.2, -0.15) is 0 Å². The second-order valence-corrected chi connectivity index (χ2v) is 4.18. The van der Waals surface area contributed by atoms with E-state index in [1.807, 2.05) is 12.1 Å². The average Bonchev–Trinajstić information content (AvgIpc) is 2.48. The number of H-pyrrole nitrogens is 1. The third kappa shape index (κ3) is 4.37. The summed E-state index contributed by atoms with van der Waals surface area (Å²) in [6.45, 7) is 0.996. The molecular formula is C15H15N3O3. The zero-order valence-corrected chi connectivity index (χ0v) is 11.3. The van der Waals surface area contributed by atoms with Gasteiger partial charge in [0.25, 0.3) is 5.56 Å². The molecular weight excluding hydrogens is 270 g/mol. The summed E-state index contributed by atoms with van der Waals surface area (Å²) in [5.74, 6) is 6.37. The van der Waals surface area contributed by atoms with Crippen LogP contribution in [-0.2, 0) is 6.54 Å². The Labute approximate surface area is 121 Å². The fraction of sp³-hybridized carbons (Fsp3) is 0.200. The molecule has 1 heterocycles. The van der Waals surface area contributed by atoms with Crippen molar-refractivity contribution in [2.75, 3.05) is 13.2 Å². The molecule has 0 saturated heterocycles. The molecule has 0 aliphatic carbocycles. The van der Waals surface area contributed by atoms with Gasteiger partial charge < -0.3 is 10.5 Å². The second-order valence-electron chi connectivity index (χ2n) is 4.18. The molecule has 0 radical (unpaired) electrons. The monoisotopic (exact) mass is 285 g/mol. The number of benzene rings is 1. The quantitative estimate of drug-likeness (QED) is 0.769. The third-order valence-corrected chi connectivity index (χ3v) is 2.69. The molecule has 0 amide bonds. The number of hydrogen-bond donors (Lipinski definition) is 2. The van der Waals surface area contributed by atoms with Crippen molar-refractivity contribution in [3.8, 4) is 17.6 Å². The van der Waals surface area contributed by atoms with E-state index in [9.17, 15) is 9.59 Å². The van der Waals surface area contributed by atoms with E-state index in [0.717, 1.165) is 5.56 Å². The molecule has 6 heteroatoms. The molecule has 21 heavy (non-hydrogen) atoms. The molecule has 0 spiro atoms. The van der Waals surface area contributed by atoms with Gasteiger partial charge in [0, 0.05) is 17.8 Å². The van der Waals surface area contributed by atoms with Gasteiger partial charge in [-0.15, -0.1) is 0 Å². The Hall–Kier alpha value is -2.78. The van der Waals surface area contributed by atoms with Crippen LogP contribution in [0.1, 0.15) is 5.56 Å². The molecule has 0 unspecified atom stereocenters. The van der Waals surface area contributed by atoms with Gasteiger partial charge in [0.05, 0.1) is 13.1 Å². The summed E-state index contributed by atoms with van der Waals surface area (Å²) in [6.07, 6.45) is 1.44. The number of nitrogens with zero attached hydrogens (tertiary/aromatic N) is 1. The lowest BCUT2D eigenvalue weighted by Crippen LogP contribution is -2.30. The highest BCUT2D eigenvalue weighted by Crippen LogP contribution is 2.11. The maximum atomic E-state index is 11.5. The fourth-order valence-corrected chi connectivity index (χ4v) is 1.67. The summed E-state index contributed by atoms with van der Waals surface area (Å²) < 4.78 is 6.91. The maximum absolute atomic E-state index is 11.5. The summed E-state index contributed by atoms with van der Waals surface area (Å²) in [7, 11) is 0. The number of nitrogens with two attached hydrogens (primary N) is 1. The Morgan fingerprint density at radius 3 is 2.62 bits per heavy atom. The standard InChI is InChI=1S/C15H15N3O3/c16-8-1-2-12-3-5-13(6-4-12)21-11-10-18-9-7-14(19)17-15(18)20/h3-7,9H,8,10-11,16H2,(H,17,19,20). The van der Waals surface area contributed by atoms with Crippen LogP contribution in [0.5, 0.6) is 5.75 Å². The largest absolute Gasteiger partial charge is 0.492 e.